The van der Waals surface area contributed by atoms with Gasteiger partial charge in [0.05, 0.1) is 34.4 Å². The number of likely N-dealkylation sites (tertiary alicyclic amines) is 1. The molecule has 8 rings (SSSR count). The third kappa shape index (κ3) is 10.5. The lowest BCUT2D eigenvalue weighted by molar-refractivity contribution is -0.835. The third-order valence-electron chi connectivity index (χ3n) is 14.5. The van der Waals surface area contributed by atoms with E-state index >= 15 is 0 Å². The molecule has 0 spiro atoms. The Labute approximate surface area is 405 Å². The summed E-state index contributed by atoms with van der Waals surface area (Å²) in [6.45, 7) is 14.4. The minimum atomic E-state index is -1.09. The quantitative estimate of drug-likeness (QED) is 0.251. The first-order valence-corrected chi connectivity index (χ1v) is 24.7. The summed E-state index contributed by atoms with van der Waals surface area (Å²) in [5.74, 6) is 3.34. The van der Waals surface area contributed by atoms with Crippen LogP contribution in [0.4, 0.5) is 0 Å². The van der Waals surface area contributed by atoms with Gasteiger partial charge in [-0.1, -0.05) is 57.0 Å². The van der Waals surface area contributed by atoms with Gasteiger partial charge in [-0.25, -0.2) is 4.84 Å². The summed E-state index contributed by atoms with van der Waals surface area (Å²) in [6, 6.07) is 12.5. The maximum absolute atomic E-state index is 14.8. The molecule has 3 unspecified atom stereocenters. The van der Waals surface area contributed by atoms with Crippen LogP contribution in [-0.4, -0.2) is 132 Å². The number of likely N-dealkylation sites (N-methyl/N-ethyl adjacent to an activating group) is 1. The molecule has 3 saturated heterocycles. The van der Waals surface area contributed by atoms with Gasteiger partial charge in [0.25, 0.3) is 11.8 Å². The van der Waals surface area contributed by atoms with Crippen molar-refractivity contribution in [2.75, 3.05) is 47.0 Å². The first-order valence-electron chi connectivity index (χ1n) is 24.7. The van der Waals surface area contributed by atoms with Crippen molar-refractivity contribution in [3.05, 3.63) is 69.9 Å². The molecule has 0 aliphatic carbocycles. The van der Waals surface area contributed by atoms with Crippen molar-refractivity contribution < 1.29 is 38.4 Å². The first-order chi connectivity index (χ1) is 33.1. The van der Waals surface area contributed by atoms with Crippen LogP contribution in [0.25, 0.3) is 27.6 Å². The highest BCUT2D eigenvalue weighted by atomic mass is 16.8. The minimum absolute atomic E-state index is 0.106. The zero-order valence-corrected chi connectivity index (χ0v) is 41.5. The molecule has 0 saturated carbocycles. The van der Waals surface area contributed by atoms with Gasteiger partial charge in [0.15, 0.2) is 6.61 Å². The summed E-state index contributed by atoms with van der Waals surface area (Å²) in [6.07, 6.45) is 4.51. The summed E-state index contributed by atoms with van der Waals surface area (Å²) >= 11 is 0. The van der Waals surface area contributed by atoms with Gasteiger partial charge in [-0.05, 0) is 106 Å². The molecule has 1 aromatic heterocycles. The van der Waals surface area contributed by atoms with Gasteiger partial charge < -0.3 is 29.2 Å². The van der Waals surface area contributed by atoms with Crippen LogP contribution in [-0.2, 0) is 52.9 Å². The summed E-state index contributed by atoms with van der Waals surface area (Å²) in [5, 5.41) is 5.60. The average molecular weight is 946 g/mol. The highest BCUT2D eigenvalue weighted by molar-refractivity contribution is 5.97. The lowest BCUT2D eigenvalue weighted by Gasteiger charge is -2.35. The maximum Gasteiger partial charge on any atom is 0.326 e. The Morgan fingerprint density at radius 3 is 2.62 bits per heavy atom. The Bertz CT molecular complexity index is 2600. The van der Waals surface area contributed by atoms with Crippen molar-refractivity contribution in [1.29, 1.82) is 0 Å². The van der Waals surface area contributed by atoms with E-state index in [0.717, 1.165) is 63.1 Å². The molecule has 2 aromatic carbocycles. The van der Waals surface area contributed by atoms with Crippen molar-refractivity contribution in [3.63, 3.8) is 0 Å². The number of rotatable bonds is 9. The van der Waals surface area contributed by atoms with E-state index in [-0.39, 0.29) is 43.4 Å². The Balaban J connectivity index is 1.18. The molecule has 5 aliphatic heterocycles. The van der Waals surface area contributed by atoms with Gasteiger partial charge in [0, 0.05) is 87.9 Å². The fourth-order valence-electron chi connectivity index (χ4n) is 10.8. The smallest absolute Gasteiger partial charge is 0.326 e. The number of carbonyl (C=O) groups excluding carboxylic acids is 4. The number of aromatic nitrogens is 1. The molecule has 2 N–H and O–H groups in total. The highest BCUT2D eigenvalue weighted by Crippen LogP contribution is 2.42. The number of benzene rings is 2. The van der Waals surface area contributed by atoms with E-state index in [0.29, 0.717) is 63.1 Å². The molecule has 16 heteroatoms. The second kappa shape index (κ2) is 21.0. The molecule has 5 aliphatic rings. The van der Waals surface area contributed by atoms with E-state index in [1.807, 2.05) is 25.3 Å². The number of nitrogens with zero attached hydrogens (tertiary/aromatic N) is 6. The Kier molecular flexibility index (Phi) is 15.1. The van der Waals surface area contributed by atoms with Gasteiger partial charge >= 0.3 is 6.17 Å². The van der Waals surface area contributed by atoms with E-state index < -0.39 is 47.5 Å². The number of hydrazine groups is 1. The fraction of sp³-hybridized carbons (Fsp3) is 0.566. The first kappa shape index (κ1) is 49.5. The SMILES string of the molecule is CC#CC(=O)N1CC[C@H](C(=O)N(C)C(C(=O)N[C@H]2Cc3cccc(c3)-c3ccc4c(c3)c(c(C3=C([C@H](C)OC)N=CC(C)C3)n4CC)CC(C)(C)CO[N+](=O)[C@@H]3CCCN(N3)C2=O)C2CCCO2)C1. The van der Waals surface area contributed by atoms with E-state index in [1.54, 1.807) is 26.0 Å². The largest absolute Gasteiger partial charge is 0.376 e. The van der Waals surface area contributed by atoms with Crippen LogP contribution in [0.5, 0.6) is 0 Å². The Morgan fingerprint density at radius 1 is 1.09 bits per heavy atom. The predicted molar refractivity (Wildman–Crippen MR) is 263 cm³/mol. The van der Waals surface area contributed by atoms with Crippen molar-refractivity contribution >= 4 is 46.3 Å². The molecule has 69 heavy (non-hydrogen) atoms. The van der Waals surface area contributed by atoms with Crippen LogP contribution < -0.4 is 10.7 Å². The average Bonchev–Trinajstić information content (AvgIpc) is 4.13. The van der Waals surface area contributed by atoms with Crippen LogP contribution in [0.1, 0.15) is 96.9 Å². The van der Waals surface area contributed by atoms with Crippen molar-refractivity contribution in [2.45, 2.75) is 130 Å². The lowest BCUT2D eigenvalue weighted by Crippen LogP contribution is -2.63. The molecular weight excluding hydrogens is 877 g/mol. The van der Waals surface area contributed by atoms with E-state index in [2.05, 4.69) is 85.2 Å². The Morgan fingerprint density at radius 2 is 1.88 bits per heavy atom. The van der Waals surface area contributed by atoms with Crippen LogP contribution in [0.15, 0.2) is 53.2 Å². The summed E-state index contributed by atoms with van der Waals surface area (Å²) in [4.78, 5) is 85.0. The molecule has 0 radical (unpaired) electrons. The van der Waals surface area contributed by atoms with Crippen LogP contribution in [0.3, 0.4) is 0 Å². The van der Waals surface area contributed by atoms with Gasteiger partial charge in [-0.15, -0.1) is 0 Å². The Hall–Kier alpha value is -5.89. The molecule has 3 aromatic rings. The number of allylic oxidation sites excluding steroid dienone is 1. The number of methoxy groups -OCH3 is 1. The highest BCUT2D eigenvalue weighted by Gasteiger charge is 2.44. The van der Waals surface area contributed by atoms with Crippen molar-refractivity contribution in [3.8, 4) is 23.0 Å². The minimum Gasteiger partial charge on any atom is -0.376 e. The predicted octanol–water partition coefficient (Wildman–Crippen LogP) is 5.84. The standard InChI is InChI=1S/C53H68N8O8/c1-9-14-46(62)58-23-21-38(31-58)51(64)57(7)49(44-17-13-24-68-44)50(63)55-42-27-35-15-11-16-36(26-35)37-19-20-43-39(28-37)41(48(59(43)10-2)40-25-33(3)30-54-47(40)34(4)67-8)29-53(5,6)32-69-61(66)45-18-12-22-60(56-45)52(42)65/h11,15-16,19-20,26,28,30,33-34,38,42,44-45,49,56H,10,12-13,17-18,21-25,27,29,31-32H2,1-8H3/p+1/t33?,34-,38-,42-,44?,45+,49?/m0/s1. The number of aryl methyl sites for hydroxylation is 1. The second-order valence-electron chi connectivity index (χ2n) is 20.2. The van der Waals surface area contributed by atoms with E-state index in [1.165, 1.54) is 9.91 Å². The number of aliphatic imine (C=N–C) groups is 1. The van der Waals surface area contributed by atoms with E-state index in [4.69, 9.17) is 19.3 Å². The zero-order valence-electron chi connectivity index (χ0n) is 41.5. The van der Waals surface area contributed by atoms with Crippen LogP contribution in [0.2, 0.25) is 0 Å². The van der Waals surface area contributed by atoms with Crippen LogP contribution in [0, 0.1) is 34.0 Å². The number of hydrogen-bond donors (Lipinski definition) is 2. The second-order valence-corrected chi connectivity index (χ2v) is 20.2. The summed E-state index contributed by atoms with van der Waals surface area (Å²) < 4.78 is 14.4. The monoisotopic (exact) mass is 946 g/mol. The topological polar surface area (TPSA) is 167 Å². The fourth-order valence-corrected chi connectivity index (χ4v) is 10.8. The van der Waals surface area contributed by atoms with Crippen molar-refractivity contribution in [1.82, 2.24) is 30.1 Å². The number of ether oxygens (including phenoxy) is 2. The molecule has 7 atom stereocenters. The van der Waals surface area contributed by atoms with E-state index in [9.17, 15) is 24.1 Å². The van der Waals surface area contributed by atoms with Gasteiger partial charge in [-0.3, -0.25) is 29.2 Å². The zero-order chi connectivity index (χ0) is 49.1. The molecule has 4 amide bonds. The number of carbonyl (C=O) groups is 4. The lowest BCUT2D eigenvalue weighted by atomic mass is 9.82. The molecule has 6 heterocycles. The van der Waals surface area contributed by atoms with Gasteiger partial charge in [0.2, 0.25) is 16.7 Å². The number of amides is 4. The summed E-state index contributed by atoms with van der Waals surface area (Å²) in [5.41, 5.74) is 10.8. The van der Waals surface area contributed by atoms with Gasteiger partial charge in [0.1, 0.15) is 12.1 Å². The normalized spacial score (nSPS) is 24.8. The molecule has 6 bridgehead atoms. The van der Waals surface area contributed by atoms with Gasteiger partial charge in [-0.2, -0.15) is 5.43 Å². The number of hydrogen-bond acceptors (Lipinski definition) is 10. The van der Waals surface area contributed by atoms with Crippen LogP contribution >= 0.6 is 0 Å². The molecular formula is C53H69N8O8+. The number of fused-ring (bicyclic) bond motifs is 6. The molecule has 3 fully saturated rings. The van der Waals surface area contributed by atoms with Crippen molar-refractivity contribution in [2.24, 2.45) is 22.2 Å². The molecule has 368 valence electrons. The molecule has 16 nitrogen and oxygen atoms in total. The maximum atomic E-state index is 14.8. The summed E-state index contributed by atoms with van der Waals surface area (Å²) in [7, 11) is 3.31. The number of nitrogens with one attached hydrogen (secondary N) is 2. The third-order valence-corrected chi connectivity index (χ3v) is 14.5.